The zero-order chi connectivity index (χ0) is 25.5. The highest BCUT2D eigenvalue weighted by Crippen LogP contribution is 2.16. The van der Waals surface area contributed by atoms with Gasteiger partial charge in [0.15, 0.2) is 0 Å². The molecule has 1 saturated heterocycles. The third kappa shape index (κ3) is 8.45. The number of H-pyrrole nitrogens is 1. The van der Waals surface area contributed by atoms with Crippen molar-refractivity contribution in [3.8, 4) is 6.07 Å². The number of nitrogens with zero attached hydrogens (tertiary/aromatic N) is 3. The summed E-state index contributed by atoms with van der Waals surface area (Å²) in [5.41, 5.74) is 1.22. The summed E-state index contributed by atoms with van der Waals surface area (Å²) >= 11 is 0. The van der Waals surface area contributed by atoms with Crippen molar-refractivity contribution in [3.05, 3.63) is 54.5 Å². The summed E-state index contributed by atoms with van der Waals surface area (Å²) in [6.07, 6.45) is 7.51. The number of hydrogen-bond donors (Lipinski definition) is 3. The van der Waals surface area contributed by atoms with Gasteiger partial charge in [0.05, 0.1) is 17.8 Å². The SMILES string of the molecule is C/C=C/C[C@H](NC(=O)c1cc2cc(C#N)ncc2[nH]1)C(=O)N1CCC(O)CC1.C=CCF.CC. The van der Waals surface area contributed by atoms with E-state index < -0.39 is 18.6 Å². The first-order valence-electron chi connectivity index (χ1n) is 11.4. The van der Waals surface area contributed by atoms with Gasteiger partial charge in [0.1, 0.15) is 30.2 Å². The van der Waals surface area contributed by atoms with Crippen LogP contribution < -0.4 is 5.32 Å². The molecule has 2 aromatic heterocycles. The summed E-state index contributed by atoms with van der Waals surface area (Å²) in [5.74, 6) is -0.544. The maximum atomic E-state index is 12.9. The van der Waals surface area contributed by atoms with Gasteiger partial charge in [-0.2, -0.15) is 5.26 Å². The van der Waals surface area contributed by atoms with Gasteiger partial charge in [-0.1, -0.05) is 32.1 Å². The Labute approximate surface area is 200 Å². The van der Waals surface area contributed by atoms with Crippen molar-refractivity contribution >= 4 is 22.7 Å². The largest absolute Gasteiger partial charge is 0.393 e. The first kappa shape index (κ1) is 28.5. The first-order valence-corrected chi connectivity index (χ1v) is 11.4. The van der Waals surface area contributed by atoms with Gasteiger partial charge in [-0.05, 0) is 38.3 Å². The highest BCUT2D eigenvalue weighted by atomic mass is 19.1. The van der Waals surface area contributed by atoms with Crippen molar-refractivity contribution in [1.29, 1.82) is 5.26 Å². The molecular weight excluding hydrogens is 437 g/mol. The minimum absolute atomic E-state index is 0.150. The summed E-state index contributed by atoms with van der Waals surface area (Å²) < 4.78 is 10.6. The fourth-order valence-electron chi connectivity index (χ4n) is 3.25. The number of halogens is 1. The Balaban J connectivity index is 0.000000872. The fourth-order valence-corrected chi connectivity index (χ4v) is 3.25. The average molecular weight is 472 g/mol. The lowest BCUT2D eigenvalue weighted by atomic mass is 10.1. The molecule has 184 valence electrons. The molecule has 1 atom stereocenters. The van der Waals surface area contributed by atoms with Crippen LogP contribution >= 0.6 is 0 Å². The van der Waals surface area contributed by atoms with Gasteiger partial charge >= 0.3 is 0 Å². The van der Waals surface area contributed by atoms with E-state index >= 15 is 0 Å². The normalized spacial score (nSPS) is 14.3. The van der Waals surface area contributed by atoms with Gasteiger partial charge in [-0.25, -0.2) is 9.37 Å². The molecule has 9 heteroatoms. The third-order valence-corrected chi connectivity index (χ3v) is 4.96. The summed E-state index contributed by atoms with van der Waals surface area (Å²) in [5, 5.41) is 22.1. The van der Waals surface area contributed by atoms with E-state index in [2.05, 4.69) is 21.9 Å². The van der Waals surface area contributed by atoms with Gasteiger partial charge in [0, 0.05) is 18.5 Å². The van der Waals surface area contributed by atoms with Crippen LogP contribution in [0.25, 0.3) is 10.9 Å². The number of allylic oxidation sites excluding steroid dienone is 2. The maximum absolute atomic E-state index is 12.9. The van der Waals surface area contributed by atoms with E-state index in [1.165, 1.54) is 12.3 Å². The highest BCUT2D eigenvalue weighted by Gasteiger charge is 2.28. The Morgan fingerprint density at radius 3 is 2.62 bits per heavy atom. The van der Waals surface area contributed by atoms with Gasteiger partial charge in [-0.15, -0.1) is 6.58 Å². The fraction of sp³-hybridized carbons (Fsp3) is 0.440. The van der Waals surface area contributed by atoms with Crippen LogP contribution in [0.1, 0.15) is 56.2 Å². The second kappa shape index (κ2) is 15.3. The number of pyridine rings is 1. The van der Waals surface area contributed by atoms with Gasteiger partial charge in [0.2, 0.25) is 5.91 Å². The maximum Gasteiger partial charge on any atom is 0.268 e. The summed E-state index contributed by atoms with van der Waals surface area (Å²) in [6, 6.07) is 4.53. The molecular formula is C25H34FN5O3. The Morgan fingerprint density at radius 1 is 1.41 bits per heavy atom. The second-order valence-electron chi connectivity index (χ2n) is 7.28. The Kier molecular flexibility index (Phi) is 12.9. The zero-order valence-electron chi connectivity index (χ0n) is 20.1. The molecule has 0 aliphatic carbocycles. The molecule has 3 heterocycles. The predicted octanol–water partition coefficient (Wildman–Crippen LogP) is 3.65. The quantitative estimate of drug-likeness (QED) is 0.555. The van der Waals surface area contributed by atoms with Gasteiger partial charge in [0.25, 0.3) is 5.91 Å². The number of nitriles is 1. The van der Waals surface area contributed by atoms with Crippen LogP contribution in [0.15, 0.2) is 43.1 Å². The lowest BCUT2D eigenvalue weighted by Gasteiger charge is -2.32. The molecule has 2 amide bonds. The Morgan fingerprint density at radius 2 is 2.06 bits per heavy atom. The minimum Gasteiger partial charge on any atom is -0.393 e. The minimum atomic E-state index is -0.682. The lowest BCUT2D eigenvalue weighted by Crippen LogP contribution is -2.51. The predicted molar refractivity (Wildman–Crippen MR) is 131 cm³/mol. The van der Waals surface area contributed by atoms with E-state index in [0.29, 0.717) is 48.9 Å². The van der Waals surface area contributed by atoms with Crippen LogP contribution in [-0.2, 0) is 4.79 Å². The van der Waals surface area contributed by atoms with E-state index in [9.17, 15) is 19.1 Å². The monoisotopic (exact) mass is 471 g/mol. The van der Waals surface area contributed by atoms with Crippen LogP contribution in [0, 0.1) is 11.3 Å². The smallest absolute Gasteiger partial charge is 0.268 e. The molecule has 3 N–H and O–H groups in total. The van der Waals surface area contributed by atoms with Crippen molar-refractivity contribution in [2.24, 2.45) is 0 Å². The molecule has 0 saturated carbocycles. The number of alkyl halides is 1. The number of aromatic nitrogens is 2. The molecule has 0 spiro atoms. The number of fused-ring (bicyclic) bond motifs is 1. The molecule has 0 radical (unpaired) electrons. The number of hydrogen-bond acceptors (Lipinski definition) is 5. The van der Waals surface area contributed by atoms with Crippen LogP contribution in [-0.4, -0.2) is 63.7 Å². The van der Waals surface area contributed by atoms with Crippen molar-refractivity contribution < 1.29 is 19.1 Å². The van der Waals surface area contributed by atoms with Crippen molar-refractivity contribution in [2.45, 2.75) is 52.2 Å². The number of carbonyl (C=O) groups excluding carboxylic acids is 2. The number of amides is 2. The number of likely N-dealkylation sites (tertiary alicyclic amines) is 1. The molecule has 8 nitrogen and oxygen atoms in total. The Bertz CT molecular complexity index is 1000. The summed E-state index contributed by atoms with van der Waals surface area (Å²) in [6.45, 7) is 9.51. The van der Waals surface area contributed by atoms with Crippen molar-refractivity contribution in [1.82, 2.24) is 20.2 Å². The molecule has 34 heavy (non-hydrogen) atoms. The van der Waals surface area contributed by atoms with Crippen LogP contribution in [0.3, 0.4) is 0 Å². The first-order chi connectivity index (χ1) is 16.4. The number of carbonyl (C=O) groups is 2. The van der Waals surface area contributed by atoms with Gasteiger partial charge < -0.3 is 20.3 Å². The lowest BCUT2D eigenvalue weighted by molar-refractivity contribution is -0.135. The molecule has 0 aromatic carbocycles. The van der Waals surface area contributed by atoms with Crippen molar-refractivity contribution in [2.75, 3.05) is 19.8 Å². The molecule has 1 fully saturated rings. The van der Waals surface area contributed by atoms with E-state index in [-0.39, 0.29) is 17.7 Å². The standard InChI is InChI=1S/C20H23N5O3.C3H5F.C2H6/c1-2-3-4-16(20(28)25-7-5-15(26)6-8-25)24-19(27)17-10-13-9-14(11-21)22-12-18(13)23-17;1-2-3-4;1-2/h2-3,9-10,12,15-16,23,26H,4-8H2,1H3,(H,24,27);2H,1,3H2;1-2H3/b3-2+;;/t16-;;/m0../s1. The molecule has 0 unspecified atom stereocenters. The topological polar surface area (TPSA) is 122 Å². The highest BCUT2D eigenvalue weighted by molar-refractivity contribution is 6.00. The number of aliphatic hydroxyl groups excluding tert-OH is 1. The second-order valence-corrected chi connectivity index (χ2v) is 7.28. The van der Waals surface area contributed by atoms with Crippen LogP contribution in [0.5, 0.6) is 0 Å². The summed E-state index contributed by atoms with van der Waals surface area (Å²) in [4.78, 5) is 34.2. The van der Waals surface area contributed by atoms with Crippen LogP contribution in [0.2, 0.25) is 0 Å². The van der Waals surface area contributed by atoms with E-state index in [4.69, 9.17) is 5.26 Å². The number of aromatic amines is 1. The Hall–Kier alpha value is -3.51. The van der Waals surface area contributed by atoms with E-state index in [0.717, 1.165) is 0 Å². The van der Waals surface area contributed by atoms with Crippen LogP contribution in [0.4, 0.5) is 4.39 Å². The number of nitrogens with one attached hydrogen (secondary N) is 2. The third-order valence-electron chi connectivity index (χ3n) is 4.96. The molecule has 1 aliphatic heterocycles. The summed E-state index contributed by atoms with van der Waals surface area (Å²) in [7, 11) is 0. The molecule has 3 rings (SSSR count). The van der Waals surface area contributed by atoms with E-state index in [1.807, 2.05) is 39.0 Å². The van der Waals surface area contributed by atoms with E-state index in [1.54, 1.807) is 17.0 Å². The van der Waals surface area contributed by atoms with Crippen molar-refractivity contribution in [3.63, 3.8) is 0 Å². The zero-order valence-corrected chi connectivity index (χ0v) is 20.1. The number of rotatable bonds is 6. The number of aliphatic hydroxyl groups is 1. The average Bonchev–Trinajstić information content (AvgIpc) is 3.31. The van der Waals surface area contributed by atoms with Gasteiger partial charge in [-0.3, -0.25) is 9.59 Å². The molecule has 0 bridgehead atoms. The molecule has 1 aliphatic rings. The number of piperidine rings is 1. The molecule has 2 aromatic rings.